The van der Waals surface area contributed by atoms with Gasteiger partial charge in [0.15, 0.2) is 6.23 Å². The lowest BCUT2D eigenvalue weighted by Gasteiger charge is -2.22. The zero-order valence-electron chi connectivity index (χ0n) is 12.2. The van der Waals surface area contributed by atoms with Gasteiger partial charge in [0.25, 0.3) is 5.56 Å². The van der Waals surface area contributed by atoms with Crippen LogP contribution in [0.2, 0.25) is 0 Å². The molecular weight excluding hydrogens is 310 g/mol. The first kappa shape index (κ1) is 17.3. The Morgan fingerprint density at radius 1 is 1.43 bits per heavy atom. The molecule has 1 saturated heterocycles. The topological polar surface area (TPSA) is 154 Å². The molecule has 1 aromatic heterocycles. The van der Waals surface area contributed by atoms with Gasteiger partial charge in [0.2, 0.25) is 0 Å². The fourth-order valence-electron chi connectivity index (χ4n) is 2.49. The summed E-state index contributed by atoms with van der Waals surface area (Å²) in [4.78, 5) is 35.6. The van der Waals surface area contributed by atoms with Crippen molar-refractivity contribution in [2.24, 2.45) is 0 Å². The lowest BCUT2D eigenvalue weighted by atomic mass is 10.1. The monoisotopic (exact) mass is 329 g/mol. The van der Waals surface area contributed by atoms with Crippen LogP contribution in [-0.2, 0) is 9.53 Å². The van der Waals surface area contributed by atoms with Crippen LogP contribution in [0.3, 0.4) is 0 Å². The number of hydrogen-bond acceptors (Lipinski definition) is 7. The number of rotatable bonds is 7. The van der Waals surface area contributed by atoms with Crippen molar-refractivity contribution in [2.75, 3.05) is 13.2 Å². The minimum absolute atomic E-state index is 0.0383. The number of nitrogens with zero attached hydrogens (tertiary/aromatic N) is 1. The highest BCUT2D eigenvalue weighted by atomic mass is 16.5. The van der Waals surface area contributed by atoms with E-state index in [1.54, 1.807) is 0 Å². The lowest BCUT2D eigenvalue weighted by Crippen LogP contribution is -2.46. The quantitative estimate of drug-likeness (QED) is 0.347. The van der Waals surface area contributed by atoms with E-state index in [2.05, 4.69) is 10.3 Å². The number of carbonyl (C=O) groups is 1. The average molecular weight is 329 g/mol. The molecule has 0 radical (unpaired) electrons. The molecule has 0 saturated carbocycles. The van der Waals surface area contributed by atoms with Gasteiger partial charge in [0, 0.05) is 18.7 Å². The SMILES string of the molecule is O=C(O)CCCN[C@@H]1[C@H](O)[C@@H](CO)O[C@H]1n1ccc(=O)[nH]c1=O. The van der Waals surface area contributed by atoms with Crippen molar-refractivity contribution in [3.05, 3.63) is 33.1 Å². The van der Waals surface area contributed by atoms with Crippen LogP contribution in [0.1, 0.15) is 19.1 Å². The highest BCUT2D eigenvalue weighted by molar-refractivity contribution is 5.66. The Balaban J connectivity index is 2.15. The molecule has 0 unspecified atom stereocenters. The van der Waals surface area contributed by atoms with E-state index in [1.807, 2.05) is 0 Å². The highest BCUT2D eigenvalue weighted by Crippen LogP contribution is 2.28. The number of hydrogen-bond donors (Lipinski definition) is 5. The van der Waals surface area contributed by atoms with Crippen LogP contribution >= 0.6 is 0 Å². The summed E-state index contributed by atoms with van der Waals surface area (Å²) in [5.41, 5.74) is -1.26. The molecule has 1 aromatic rings. The predicted octanol–water partition coefficient (Wildman–Crippen LogP) is -2.39. The van der Waals surface area contributed by atoms with Crippen LogP contribution in [0.5, 0.6) is 0 Å². The first-order valence-corrected chi connectivity index (χ1v) is 7.15. The van der Waals surface area contributed by atoms with Gasteiger partial charge in [-0.1, -0.05) is 0 Å². The van der Waals surface area contributed by atoms with Crippen molar-refractivity contribution in [1.29, 1.82) is 0 Å². The number of carboxylic acid groups (broad SMARTS) is 1. The van der Waals surface area contributed by atoms with Gasteiger partial charge < -0.3 is 25.4 Å². The van der Waals surface area contributed by atoms with Gasteiger partial charge in [-0.25, -0.2) is 4.79 Å². The third-order valence-corrected chi connectivity index (χ3v) is 3.62. The standard InChI is InChI=1S/C13H19N3O7/c17-6-7-11(21)10(14-4-1-2-9(19)20)12(23-7)16-5-3-8(18)15-13(16)22/h3,5,7,10-12,14,17,21H,1-2,4,6H2,(H,19,20)(H,15,18,22)/t7-,10-,11-,12-/m1/s1. The van der Waals surface area contributed by atoms with Crippen LogP contribution in [0.15, 0.2) is 21.9 Å². The van der Waals surface area contributed by atoms with E-state index in [1.165, 1.54) is 6.20 Å². The Bertz CT molecular complexity index is 655. The van der Waals surface area contributed by atoms with Gasteiger partial charge in [-0.2, -0.15) is 0 Å². The number of nitrogens with one attached hydrogen (secondary N) is 2. The fraction of sp³-hybridized carbons (Fsp3) is 0.615. The normalized spacial score (nSPS) is 27.2. The van der Waals surface area contributed by atoms with Crippen molar-refractivity contribution in [3.8, 4) is 0 Å². The first-order valence-electron chi connectivity index (χ1n) is 7.15. The summed E-state index contributed by atoms with van der Waals surface area (Å²) in [6.07, 6.45) is -1.38. The lowest BCUT2D eigenvalue weighted by molar-refractivity contribution is -0.137. The summed E-state index contributed by atoms with van der Waals surface area (Å²) >= 11 is 0. The maximum absolute atomic E-state index is 11.9. The Labute approximate surface area is 130 Å². The molecule has 10 nitrogen and oxygen atoms in total. The van der Waals surface area contributed by atoms with Crippen molar-refractivity contribution < 1.29 is 24.9 Å². The Kier molecular flexibility index (Phi) is 5.66. The van der Waals surface area contributed by atoms with Crippen molar-refractivity contribution in [2.45, 2.75) is 37.3 Å². The molecular formula is C13H19N3O7. The molecule has 2 heterocycles. The molecule has 2 rings (SSSR count). The molecule has 1 aliphatic heterocycles. The maximum atomic E-state index is 11.9. The number of aromatic amines is 1. The third kappa shape index (κ3) is 4.05. The summed E-state index contributed by atoms with van der Waals surface area (Å²) < 4.78 is 6.59. The fourth-order valence-corrected chi connectivity index (χ4v) is 2.49. The van der Waals surface area contributed by atoms with Gasteiger partial charge in [0.05, 0.1) is 12.6 Å². The van der Waals surface area contributed by atoms with E-state index in [-0.39, 0.29) is 13.0 Å². The molecule has 1 fully saturated rings. The molecule has 0 spiro atoms. The molecule has 0 aromatic carbocycles. The zero-order valence-corrected chi connectivity index (χ0v) is 12.2. The summed E-state index contributed by atoms with van der Waals surface area (Å²) in [5, 5.41) is 31.0. The number of aliphatic hydroxyl groups is 2. The molecule has 0 bridgehead atoms. The van der Waals surface area contributed by atoms with E-state index in [9.17, 15) is 24.6 Å². The second kappa shape index (κ2) is 7.51. The summed E-state index contributed by atoms with van der Waals surface area (Å²) in [7, 11) is 0. The molecule has 5 N–H and O–H groups in total. The second-order valence-corrected chi connectivity index (χ2v) is 5.23. The summed E-state index contributed by atoms with van der Waals surface area (Å²) in [5.74, 6) is -0.934. The molecule has 1 aliphatic rings. The Hall–Kier alpha value is -2.01. The molecule has 0 aliphatic carbocycles. The number of aliphatic carboxylic acids is 1. The Morgan fingerprint density at radius 2 is 2.17 bits per heavy atom. The summed E-state index contributed by atoms with van der Waals surface area (Å²) in [6.45, 7) is -0.160. The van der Waals surface area contributed by atoms with E-state index in [4.69, 9.17) is 9.84 Å². The van der Waals surface area contributed by atoms with Gasteiger partial charge >= 0.3 is 11.7 Å². The minimum Gasteiger partial charge on any atom is -0.481 e. The third-order valence-electron chi connectivity index (χ3n) is 3.62. The van der Waals surface area contributed by atoms with Crippen LogP contribution < -0.4 is 16.6 Å². The zero-order chi connectivity index (χ0) is 17.0. The second-order valence-electron chi connectivity index (χ2n) is 5.23. The highest BCUT2D eigenvalue weighted by Gasteiger charge is 2.44. The number of carboxylic acids is 1. The molecule has 128 valence electrons. The first-order chi connectivity index (χ1) is 10.9. The van der Waals surface area contributed by atoms with Crippen LogP contribution in [0, 0.1) is 0 Å². The van der Waals surface area contributed by atoms with Gasteiger partial charge in [0.1, 0.15) is 12.2 Å². The molecule has 4 atom stereocenters. The number of aromatic nitrogens is 2. The molecule has 10 heteroatoms. The van der Waals surface area contributed by atoms with E-state index < -0.39 is 48.3 Å². The number of ether oxygens (including phenoxy) is 1. The maximum Gasteiger partial charge on any atom is 0.330 e. The predicted molar refractivity (Wildman–Crippen MR) is 77.0 cm³/mol. The molecule has 0 amide bonds. The van der Waals surface area contributed by atoms with Crippen molar-refractivity contribution >= 4 is 5.97 Å². The van der Waals surface area contributed by atoms with Crippen LogP contribution in [0.25, 0.3) is 0 Å². The average Bonchev–Trinajstić information content (AvgIpc) is 2.80. The van der Waals surface area contributed by atoms with Crippen molar-refractivity contribution in [1.82, 2.24) is 14.9 Å². The smallest absolute Gasteiger partial charge is 0.330 e. The number of H-pyrrole nitrogens is 1. The van der Waals surface area contributed by atoms with E-state index >= 15 is 0 Å². The van der Waals surface area contributed by atoms with Crippen molar-refractivity contribution in [3.63, 3.8) is 0 Å². The van der Waals surface area contributed by atoms with E-state index in [0.717, 1.165) is 10.6 Å². The van der Waals surface area contributed by atoms with Gasteiger partial charge in [-0.3, -0.25) is 19.1 Å². The number of aliphatic hydroxyl groups excluding tert-OH is 2. The minimum atomic E-state index is -1.09. The van der Waals surface area contributed by atoms with Gasteiger partial charge in [-0.05, 0) is 13.0 Å². The van der Waals surface area contributed by atoms with Crippen LogP contribution in [0.4, 0.5) is 0 Å². The summed E-state index contributed by atoms with van der Waals surface area (Å²) in [6, 6.07) is 0.412. The van der Waals surface area contributed by atoms with Gasteiger partial charge in [-0.15, -0.1) is 0 Å². The Morgan fingerprint density at radius 3 is 2.78 bits per heavy atom. The van der Waals surface area contributed by atoms with Crippen LogP contribution in [-0.4, -0.2) is 62.2 Å². The molecule has 23 heavy (non-hydrogen) atoms. The largest absolute Gasteiger partial charge is 0.481 e. The van der Waals surface area contributed by atoms with E-state index in [0.29, 0.717) is 6.42 Å².